The third-order valence-corrected chi connectivity index (χ3v) is 9.13. The van der Waals surface area contributed by atoms with Crippen molar-refractivity contribution in [3.05, 3.63) is 12.2 Å². The predicted octanol–water partition coefficient (Wildman–Crippen LogP) is 9.90. The van der Waals surface area contributed by atoms with E-state index in [1.54, 1.807) is 0 Å². The van der Waals surface area contributed by atoms with Crippen LogP contribution in [0, 0.1) is 0 Å². The van der Waals surface area contributed by atoms with Gasteiger partial charge in [0, 0.05) is 26.1 Å². The second kappa shape index (κ2) is 31.1. The van der Waals surface area contributed by atoms with E-state index in [9.17, 15) is 9.90 Å². The van der Waals surface area contributed by atoms with E-state index in [0.29, 0.717) is 13.0 Å². The Hall–Kier alpha value is -0.910. The molecule has 0 aliphatic carbocycles. The Balaban J connectivity index is 2.18. The number of rotatable bonds is 31. The number of unbranched alkanes of at least 4 members (excludes halogenated alkanes) is 23. The summed E-state index contributed by atoms with van der Waals surface area (Å²) < 4.78 is 5.50. The molecule has 43 heavy (non-hydrogen) atoms. The minimum Gasteiger partial charge on any atom is -0.387 e. The maximum atomic E-state index is 12.8. The van der Waals surface area contributed by atoms with Gasteiger partial charge in [-0.05, 0) is 19.3 Å². The van der Waals surface area contributed by atoms with E-state index in [4.69, 9.17) is 4.74 Å². The molecule has 0 radical (unpaired) electrons. The highest BCUT2D eigenvalue weighted by Crippen LogP contribution is 2.14. The van der Waals surface area contributed by atoms with Gasteiger partial charge in [0.05, 0.1) is 25.4 Å². The van der Waals surface area contributed by atoms with Crippen molar-refractivity contribution in [1.82, 2.24) is 10.2 Å². The summed E-state index contributed by atoms with van der Waals surface area (Å²) in [4.78, 5) is 15.1. The molecule has 5 heteroatoms. The summed E-state index contributed by atoms with van der Waals surface area (Å²) in [7, 11) is 0. The topological polar surface area (TPSA) is 61.8 Å². The number of carbonyl (C=O) groups excluding carboxylic acids is 1. The Morgan fingerprint density at radius 3 is 1.56 bits per heavy atom. The minimum atomic E-state index is -0.647. The maximum Gasteiger partial charge on any atom is 0.220 e. The molecule has 1 fully saturated rings. The van der Waals surface area contributed by atoms with Gasteiger partial charge in [-0.1, -0.05) is 167 Å². The zero-order valence-electron chi connectivity index (χ0n) is 28.9. The Morgan fingerprint density at radius 2 is 1.09 bits per heavy atom. The van der Waals surface area contributed by atoms with E-state index in [1.165, 1.54) is 141 Å². The summed E-state index contributed by atoms with van der Waals surface area (Å²) >= 11 is 0. The molecule has 0 spiro atoms. The van der Waals surface area contributed by atoms with Crippen molar-refractivity contribution in [2.75, 3.05) is 32.8 Å². The van der Waals surface area contributed by atoms with Crippen LogP contribution in [0.4, 0.5) is 0 Å². The first kappa shape index (κ1) is 40.1. The van der Waals surface area contributed by atoms with Crippen molar-refractivity contribution in [1.29, 1.82) is 0 Å². The van der Waals surface area contributed by atoms with Crippen molar-refractivity contribution in [2.45, 2.75) is 193 Å². The summed E-state index contributed by atoms with van der Waals surface area (Å²) in [6, 6.07) is -0.263. The molecule has 0 unspecified atom stereocenters. The highest BCUT2D eigenvalue weighted by atomic mass is 16.5. The molecule has 2 atom stereocenters. The van der Waals surface area contributed by atoms with E-state index in [2.05, 4.69) is 30.1 Å². The van der Waals surface area contributed by atoms with E-state index in [0.717, 1.165) is 45.6 Å². The number of aliphatic hydroxyl groups is 1. The number of amides is 1. The van der Waals surface area contributed by atoms with E-state index in [-0.39, 0.29) is 11.9 Å². The number of nitrogens with one attached hydrogen (secondary N) is 1. The molecular weight excluding hydrogens is 532 g/mol. The quantitative estimate of drug-likeness (QED) is 0.0609. The number of morpholine rings is 1. The van der Waals surface area contributed by atoms with Gasteiger partial charge in [0.2, 0.25) is 5.91 Å². The number of carbonyl (C=O) groups is 1. The molecular formula is C38H74N2O3. The molecule has 5 nitrogen and oxygen atoms in total. The van der Waals surface area contributed by atoms with Crippen molar-refractivity contribution < 1.29 is 14.6 Å². The average Bonchev–Trinajstić information content (AvgIpc) is 3.01. The number of allylic oxidation sites excluding steroid dienone is 1. The number of ether oxygens (including phenoxy) is 1. The largest absolute Gasteiger partial charge is 0.387 e. The molecule has 1 aliphatic rings. The van der Waals surface area contributed by atoms with Crippen LogP contribution in [0.1, 0.15) is 181 Å². The summed E-state index contributed by atoms with van der Waals surface area (Å²) in [6.45, 7) is 8.41. The zero-order valence-corrected chi connectivity index (χ0v) is 28.9. The molecule has 1 aliphatic heterocycles. The summed E-state index contributed by atoms with van der Waals surface area (Å²) in [5, 5.41) is 14.2. The molecule has 0 aromatic heterocycles. The Morgan fingerprint density at radius 1 is 0.674 bits per heavy atom. The van der Waals surface area contributed by atoms with Crippen molar-refractivity contribution in [3.63, 3.8) is 0 Å². The molecule has 0 aromatic rings. The molecule has 1 heterocycles. The van der Waals surface area contributed by atoms with Gasteiger partial charge in [-0.2, -0.15) is 0 Å². The fourth-order valence-electron chi connectivity index (χ4n) is 6.18. The first-order valence-electron chi connectivity index (χ1n) is 19.1. The van der Waals surface area contributed by atoms with Crippen LogP contribution in [-0.2, 0) is 9.53 Å². The zero-order chi connectivity index (χ0) is 31.1. The lowest BCUT2D eigenvalue weighted by Crippen LogP contribution is -2.52. The molecule has 1 rings (SSSR count). The van der Waals surface area contributed by atoms with Crippen LogP contribution >= 0.6 is 0 Å². The predicted molar refractivity (Wildman–Crippen MR) is 186 cm³/mol. The number of hydrogen-bond acceptors (Lipinski definition) is 4. The smallest absolute Gasteiger partial charge is 0.220 e. The van der Waals surface area contributed by atoms with Gasteiger partial charge >= 0.3 is 0 Å². The second-order valence-electron chi connectivity index (χ2n) is 13.3. The van der Waals surface area contributed by atoms with Crippen LogP contribution in [0.15, 0.2) is 12.2 Å². The SMILES string of the molecule is CCCCCCCCCCCCC/C=C/[C@H](O)[C@@H](CN1CCOCC1)NC(=O)CCCCCCCCCCCCCCC. The standard InChI is InChI=1S/C38H74N2O3/c1-3-5-7-9-11-13-15-17-19-21-23-25-27-29-37(41)36(35-40-31-33-43-34-32-40)39-38(42)30-28-26-24-22-20-18-16-14-12-10-8-6-4-2/h27,29,36-37,41H,3-26,28,30-35H2,1-2H3,(H,39,42)/b29-27+/t36-,37+/m1/s1. The molecule has 1 amide bonds. The fraction of sp³-hybridized carbons (Fsp3) is 0.921. The van der Waals surface area contributed by atoms with Gasteiger partial charge in [-0.3, -0.25) is 9.69 Å². The Kier molecular flexibility index (Phi) is 29.0. The van der Waals surface area contributed by atoms with Crippen LogP contribution in [0.3, 0.4) is 0 Å². The monoisotopic (exact) mass is 607 g/mol. The third-order valence-electron chi connectivity index (χ3n) is 9.13. The van der Waals surface area contributed by atoms with Gasteiger partial charge in [-0.15, -0.1) is 0 Å². The number of nitrogens with zero attached hydrogens (tertiary/aromatic N) is 1. The fourth-order valence-corrected chi connectivity index (χ4v) is 6.18. The lowest BCUT2D eigenvalue weighted by atomic mass is 10.0. The van der Waals surface area contributed by atoms with Gasteiger partial charge in [0.1, 0.15) is 0 Å². The lowest BCUT2D eigenvalue weighted by molar-refractivity contribution is -0.122. The highest BCUT2D eigenvalue weighted by molar-refractivity contribution is 5.76. The molecule has 0 bridgehead atoms. The van der Waals surface area contributed by atoms with E-state index in [1.807, 2.05) is 6.08 Å². The Bertz CT molecular complexity index is 620. The summed E-state index contributed by atoms with van der Waals surface area (Å²) in [5.74, 6) is 0.0825. The summed E-state index contributed by atoms with van der Waals surface area (Å²) in [6.07, 6.45) is 36.8. The second-order valence-corrected chi connectivity index (χ2v) is 13.3. The molecule has 254 valence electrons. The first-order chi connectivity index (χ1) is 21.2. The Labute approximate surface area is 268 Å². The highest BCUT2D eigenvalue weighted by Gasteiger charge is 2.23. The van der Waals surface area contributed by atoms with Gasteiger partial charge in [0.25, 0.3) is 0 Å². The molecule has 0 saturated carbocycles. The summed E-state index contributed by atoms with van der Waals surface area (Å²) in [5.41, 5.74) is 0. The molecule has 1 saturated heterocycles. The normalized spacial score (nSPS) is 15.7. The van der Waals surface area contributed by atoms with Crippen molar-refractivity contribution >= 4 is 5.91 Å². The molecule has 2 N–H and O–H groups in total. The van der Waals surface area contributed by atoms with Crippen molar-refractivity contribution in [3.8, 4) is 0 Å². The number of aliphatic hydroxyl groups excluding tert-OH is 1. The van der Waals surface area contributed by atoms with Gasteiger partial charge in [-0.25, -0.2) is 0 Å². The third kappa shape index (κ3) is 26.1. The average molecular weight is 607 g/mol. The van der Waals surface area contributed by atoms with E-state index >= 15 is 0 Å². The van der Waals surface area contributed by atoms with E-state index < -0.39 is 6.10 Å². The number of hydrogen-bond donors (Lipinski definition) is 2. The van der Waals surface area contributed by atoms with Crippen LogP contribution < -0.4 is 5.32 Å². The van der Waals surface area contributed by atoms with Crippen molar-refractivity contribution in [2.24, 2.45) is 0 Å². The van der Waals surface area contributed by atoms with Crippen LogP contribution in [0.25, 0.3) is 0 Å². The van der Waals surface area contributed by atoms with Crippen LogP contribution in [-0.4, -0.2) is 60.9 Å². The van der Waals surface area contributed by atoms with Gasteiger partial charge < -0.3 is 15.2 Å². The minimum absolute atomic E-state index is 0.0825. The first-order valence-corrected chi connectivity index (χ1v) is 19.1. The van der Waals surface area contributed by atoms with Crippen LogP contribution in [0.2, 0.25) is 0 Å². The maximum absolute atomic E-state index is 12.8. The molecule has 0 aromatic carbocycles. The lowest BCUT2D eigenvalue weighted by Gasteiger charge is -2.32. The van der Waals surface area contributed by atoms with Crippen LogP contribution in [0.5, 0.6) is 0 Å². The van der Waals surface area contributed by atoms with Gasteiger partial charge in [0.15, 0.2) is 0 Å².